The Morgan fingerprint density at radius 1 is 1.15 bits per heavy atom. The van der Waals surface area contributed by atoms with Crippen LogP contribution in [0, 0.1) is 0 Å². The Balaban J connectivity index is 1.84. The normalized spacial score (nSPS) is 19.7. The van der Waals surface area contributed by atoms with Crippen LogP contribution in [0.15, 0.2) is 54.6 Å². The van der Waals surface area contributed by atoms with Crippen molar-refractivity contribution in [1.29, 1.82) is 0 Å². The van der Waals surface area contributed by atoms with Crippen LogP contribution in [0.3, 0.4) is 0 Å². The number of carbonyl (C=O) groups excluding carboxylic acids is 2. The van der Waals surface area contributed by atoms with Gasteiger partial charge >= 0.3 is 0 Å². The quantitative estimate of drug-likeness (QED) is 0.840. The van der Waals surface area contributed by atoms with Gasteiger partial charge in [0.15, 0.2) is 5.60 Å². The first-order chi connectivity index (χ1) is 13.0. The fourth-order valence-corrected chi connectivity index (χ4v) is 3.38. The average molecular weight is 368 g/mol. The van der Waals surface area contributed by atoms with E-state index in [2.05, 4.69) is 0 Å². The van der Waals surface area contributed by atoms with E-state index < -0.39 is 11.5 Å². The highest BCUT2D eigenvalue weighted by Crippen LogP contribution is 2.26. The minimum Gasteiger partial charge on any atom is -0.375 e. The van der Waals surface area contributed by atoms with Crippen LogP contribution in [0.1, 0.15) is 5.56 Å². The molecule has 1 saturated heterocycles. The fraction of sp³-hybridized carbons (Fsp3) is 0.333. The molecule has 27 heavy (non-hydrogen) atoms. The maximum atomic E-state index is 12.3. The molecule has 0 radical (unpaired) electrons. The summed E-state index contributed by atoms with van der Waals surface area (Å²) in [5, 5.41) is 0. The molecule has 2 aromatic rings. The van der Waals surface area contributed by atoms with Gasteiger partial charge in [-0.15, -0.1) is 0 Å². The summed E-state index contributed by atoms with van der Waals surface area (Å²) >= 11 is 0. The van der Waals surface area contributed by atoms with Crippen molar-refractivity contribution in [3.63, 3.8) is 0 Å². The number of primary amides is 1. The van der Waals surface area contributed by atoms with Gasteiger partial charge in [0.1, 0.15) is 6.61 Å². The Morgan fingerprint density at radius 3 is 2.59 bits per heavy atom. The van der Waals surface area contributed by atoms with Crippen LogP contribution in [0.25, 0.3) is 11.1 Å². The zero-order valence-corrected chi connectivity index (χ0v) is 15.4. The summed E-state index contributed by atoms with van der Waals surface area (Å²) in [6, 6.07) is 17.9. The highest BCUT2D eigenvalue weighted by atomic mass is 16.5. The molecular weight excluding hydrogens is 344 g/mol. The fourth-order valence-electron chi connectivity index (χ4n) is 3.38. The minimum absolute atomic E-state index is 0.0294. The lowest BCUT2D eigenvalue weighted by molar-refractivity contribution is -0.165. The zero-order valence-electron chi connectivity index (χ0n) is 15.4. The number of ether oxygens (including phenoxy) is 2. The van der Waals surface area contributed by atoms with Crippen molar-refractivity contribution in [2.24, 2.45) is 5.73 Å². The monoisotopic (exact) mass is 368 g/mol. The Bertz CT molecular complexity index is 809. The van der Waals surface area contributed by atoms with Crippen molar-refractivity contribution in [2.45, 2.75) is 12.0 Å². The summed E-state index contributed by atoms with van der Waals surface area (Å²) < 4.78 is 10.7. The van der Waals surface area contributed by atoms with E-state index >= 15 is 0 Å². The third kappa shape index (κ3) is 4.35. The molecule has 0 unspecified atom stereocenters. The van der Waals surface area contributed by atoms with Crippen molar-refractivity contribution >= 4 is 11.8 Å². The molecule has 2 N–H and O–H groups in total. The molecule has 1 atom stereocenters. The molecule has 1 aliphatic heterocycles. The number of carbonyl (C=O) groups is 2. The van der Waals surface area contributed by atoms with Gasteiger partial charge in [-0.05, 0) is 16.7 Å². The highest BCUT2D eigenvalue weighted by Gasteiger charge is 2.43. The molecule has 6 heteroatoms. The lowest BCUT2D eigenvalue weighted by atomic mass is 9.90. The Kier molecular flexibility index (Phi) is 5.88. The number of methoxy groups -OCH3 is 1. The van der Waals surface area contributed by atoms with Crippen LogP contribution in [-0.2, 0) is 25.5 Å². The molecule has 0 bridgehead atoms. The first kappa shape index (κ1) is 19.1. The standard InChI is InChI=1S/C21H24N2O4/c1-26-14-19(24)23-10-11-27-21(15-23,20(22)25)13-16-6-5-9-18(12-16)17-7-3-2-4-8-17/h2-9,12H,10-11,13-15H2,1H3,(H2,22,25)/t21-/m1/s1. The van der Waals surface area contributed by atoms with Gasteiger partial charge in [0, 0.05) is 20.1 Å². The largest absolute Gasteiger partial charge is 0.375 e. The van der Waals surface area contributed by atoms with Crippen molar-refractivity contribution < 1.29 is 19.1 Å². The number of benzene rings is 2. The van der Waals surface area contributed by atoms with E-state index in [0.29, 0.717) is 13.0 Å². The summed E-state index contributed by atoms with van der Waals surface area (Å²) in [5.41, 5.74) is 7.53. The molecule has 1 fully saturated rings. The average Bonchev–Trinajstić information content (AvgIpc) is 2.69. The predicted octanol–water partition coefficient (Wildman–Crippen LogP) is 1.63. The lowest BCUT2D eigenvalue weighted by Crippen LogP contribution is -2.61. The number of nitrogens with two attached hydrogens (primary N) is 1. The van der Waals surface area contributed by atoms with E-state index in [9.17, 15) is 9.59 Å². The van der Waals surface area contributed by atoms with Crippen molar-refractivity contribution in [2.75, 3.05) is 33.4 Å². The van der Waals surface area contributed by atoms with Gasteiger partial charge in [0.2, 0.25) is 5.91 Å². The molecule has 6 nitrogen and oxygen atoms in total. The van der Waals surface area contributed by atoms with Gasteiger partial charge in [0.05, 0.1) is 13.2 Å². The number of morpholine rings is 1. The summed E-state index contributed by atoms with van der Waals surface area (Å²) in [5.74, 6) is -0.744. The molecule has 0 aromatic heterocycles. The molecule has 0 aliphatic carbocycles. The van der Waals surface area contributed by atoms with Crippen LogP contribution in [0.2, 0.25) is 0 Å². The van der Waals surface area contributed by atoms with Crippen LogP contribution < -0.4 is 5.73 Å². The number of nitrogens with zero attached hydrogens (tertiary/aromatic N) is 1. The molecule has 3 rings (SSSR count). The van der Waals surface area contributed by atoms with Crippen LogP contribution in [0.5, 0.6) is 0 Å². The van der Waals surface area contributed by atoms with E-state index in [1.807, 2.05) is 54.6 Å². The third-order valence-corrected chi connectivity index (χ3v) is 4.78. The van der Waals surface area contributed by atoms with Crippen LogP contribution >= 0.6 is 0 Å². The summed E-state index contributed by atoms with van der Waals surface area (Å²) in [6.07, 6.45) is 0.305. The second-order valence-electron chi connectivity index (χ2n) is 6.70. The van der Waals surface area contributed by atoms with E-state index in [1.165, 1.54) is 7.11 Å². The van der Waals surface area contributed by atoms with Gasteiger partial charge in [-0.3, -0.25) is 9.59 Å². The maximum Gasteiger partial charge on any atom is 0.251 e. The predicted molar refractivity (Wildman–Crippen MR) is 102 cm³/mol. The minimum atomic E-state index is -1.24. The number of hydrogen-bond acceptors (Lipinski definition) is 4. The molecule has 1 aliphatic rings. The van der Waals surface area contributed by atoms with E-state index in [1.54, 1.807) is 4.90 Å². The van der Waals surface area contributed by atoms with Crippen LogP contribution in [0.4, 0.5) is 0 Å². The molecular formula is C21H24N2O4. The van der Waals surface area contributed by atoms with E-state index in [0.717, 1.165) is 16.7 Å². The van der Waals surface area contributed by atoms with Crippen molar-refractivity contribution in [3.05, 3.63) is 60.2 Å². The van der Waals surface area contributed by atoms with Gasteiger partial charge in [-0.1, -0.05) is 54.6 Å². The SMILES string of the molecule is COCC(=O)N1CCO[C@@](Cc2cccc(-c3ccccc3)c2)(C(N)=O)C1. The second-order valence-corrected chi connectivity index (χ2v) is 6.70. The third-order valence-electron chi connectivity index (χ3n) is 4.78. The second kappa shape index (κ2) is 8.33. The van der Waals surface area contributed by atoms with Gasteiger partial charge in [-0.25, -0.2) is 0 Å². The van der Waals surface area contributed by atoms with Crippen molar-refractivity contribution in [3.8, 4) is 11.1 Å². The number of amides is 2. The smallest absolute Gasteiger partial charge is 0.251 e. The molecule has 0 saturated carbocycles. The summed E-state index contributed by atoms with van der Waals surface area (Å²) in [7, 11) is 1.47. The Morgan fingerprint density at radius 2 is 1.89 bits per heavy atom. The van der Waals surface area contributed by atoms with E-state index in [4.69, 9.17) is 15.2 Å². The Labute approximate surface area is 158 Å². The lowest BCUT2D eigenvalue weighted by Gasteiger charge is -2.40. The van der Waals surface area contributed by atoms with Gasteiger partial charge < -0.3 is 20.1 Å². The Hall–Kier alpha value is -2.70. The zero-order chi connectivity index (χ0) is 19.3. The first-order valence-corrected chi connectivity index (χ1v) is 8.89. The summed E-state index contributed by atoms with van der Waals surface area (Å²) in [6.45, 7) is 0.774. The summed E-state index contributed by atoms with van der Waals surface area (Å²) in [4.78, 5) is 26.1. The number of hydrogen-bond donors (Lipinski definition) is 1. The molecule has 0 spiro atoms. The van der Waals surface area contributed by atoms with E-state index in [-0.39, 0.29) is 25.7 Å². The molecule has 2 aromatic carbocycles. The van der Waals surface area contributed by atoms with Gasteiger partial charge in [-0.2, -0.15) is 0 Å². The highest BCUT2D eigenvalue weighted by molar-refractivity contribution is 5.86. The molecule has 1 heterocycles. The molecule has 142 valence electrons. The van der Waals surface area contributed by atoms with Crippen molar-refractivity contribution in [1.82, 2.24) is 4.90 Å². The number of rotatable bonds is 6. The maximum absolute atomic E-state index is 12.3. The van der Waals surface area contributed by atoms with Crippen LogP contribution in [-0.4, -0.2) is 55.7 Å². The molecule has 2 amide bonds. The topological polar surface area (TPSA) is 81.9 Å². The first-order valence-electron chi connectivity index (χ1n) is 8.89. The van der Waals surface area contributed by atoms with Gasteiger partial charge in [0.25, 0.3) is 5.91 Å².